The molecule has 0 aliphatic carbocycles. The van der Waals surface area contributed by atoms with Crippen molar-refractivity contribution >= 4 is 24.2 Å². The quantitative estimate of drug-likeness (QED) is 0.878. The van der Waals surface area contributed by atoms with Gasteiger partial charge in [0.25, 0.3) is 0 Å². The molecule has 0 aromatic carbocycles. The fourth-order valence-electron chi connectivity index (χ4n) is 2.44. The number of halogens is 1. The number of nitrogens with two attached hydrogens (primary N) is 1. The van der Waals surface area contributed by atoms with Gasteiger partial charge in [-0.25, -0.2) is 0 Å². The van der Waals surface area contributed by atoms with E-state index in [1.54, 1.807) is 6.07 Å². The lowest BCUT2D eigenvalue weighted by Gasteiger charge is -2.33. The van der Waals surface area contributed by atoms with Crippen LogP contribution in [0.4, 0.5) is 5.88 Å². The van der Waals surface area contributed by atoms with Gasteiger partial charge in [0.15, 0.2) is 0 Å². The summed E-state index contributed by atoms with van der Waals surface area (Å²) in [5.41, 5.74) is 6.66. The summed E-state index contributed by atoms with van der Waals surface area (Å²) in [6, 6.07) is 1.95. The van der Waals surface area contributed by atoms with Gasteiger partial charge in [-0.1, -0.05) is 5.16 Å². The van der Waals surface area contributed by atoms with Gasteiger partial charge in [0.1, 0.15) is 0 Å². The van der Waals surface area contributed by atoms with Crippen LogP contribution in [-0.2, 0) is 4.79 Å². The van der Waals surface area contributed by atoms with Gasteiger partial charge in [0.2, 0.25) is 11.8 Å². The standard InChI is InChI=1S/C13H22N4O2.ClH/c1-9-7-13(19-16-9)15-12(18)8-17-5-3-11(4-6-17)10(2)14;/h7,10-11H,3-6,8,14H2,1-2H3,(H,15,18);1H. The number of hydrogen-bond donors (Lipinski definition) is 2. The number of nitrogens with one attached hydrogen (secondary N) is 1. The molecule has 1 aromatic heterocycles. The zero-order valence-electron chi connectivity index (χ0n) is 12.0. The number of likely N-dealkylation sites (tertiary alicyclic amines) is 1. The summed E-state index contributed by atoms with van der Waals surface area (Å²) in [6.45, 7) is 6.12. The summed E-state index contributed by atoms with van der Waals surface area (Å²) in [6.07, 6.45) is 2.12. The largest absolute Gasteiger partial charge is 0.338 e. The molecule has 1 amide bonds. The van der Waals surface area contributed by atoms with E-state index in [1.807, 2.05) is 6.92 Å². The molecule has 0 spiro atoms. The molecule has 114 valence electrons. The Balaban J connectivity index is 0.00000200. The number of piperidine rings is 1. The minimum Gasteiger partial charge on any atom is -0.338 e. The molecule has 1 unspecified atom stereocenters. The summed E-state index contributed by atoms with van der Waals surface area (Å²) in [5, 5.41) is 6.44. The van der Waals surface area contributed by atoms with Crippen molar-refractivity contribution in [3.8, 4) is 0 Å². The van der Waals surface area contributed by atoms with Gasteiger partial charge in [0.05, 0.1) is 12.2 Å². The first kappa shape index (κ1) is 16.9. The van der Waals surface area contributed by atoms with Crippen LogP contribution in [0.1, 0.15) is 25.5 Å². The molecular weight excluding hydrogens is 280 g/mol. The van der Waals surface area contributed by atoms with Crippen LogP contribution in [-0.4, -0.2) is 41.6 Å². The Morgan fingerprint density at radius 2 is 2.25 bits per heavy atom. The lowest BCUT2D eigenvalue weighted by molar-refractivity contribution is -0.117. The first-order valence-electron chi connectivity index (χ1n) is 6.75. The van der Waals surface area contributed by atoms with Gasteiger partial charge in [0, 0.05) is 12.1 Å². The summed E-state index contributed by atoms with van der Waals surface area (Å²) < 4.78 is 4.96. The number of aromatic nitrogens is 1. The minimum absolute atomic E-state index is 0. The molecular formula is C13H23ClN4O2. The highest BCUT2D eigenvalue weighted by atomic mass is 35.5. The minimum atomic E-state index is -0.0598. The van der Waals surface area contributed by atoms with E-state index in [0.717, 1.165) is 31.6 Å². The highest BCUT2D eigenvalue weighted by molar-refractivity contribution is 5.90. The number of carbonyl (C=O) groups is 1. The van der Waals surface area contributed by atoms with Crippen LogP contribution < -0.4 is 11.1 Å². The van der Waals surface area contributed by atoms with E-state index in [0.29, 0.717) is 18.3 Å². The van der Waals surface area contributed by atoms with Crippen LogP contribution in [0.25, 0.3) is 0 Å². The third-order valence-electron chi connectivity index (χ3n) is 3.63. The molecule has 6 nitrogen and oxygen atoms in total. The molecule has 20 heavy (non-hydrogen) atoms. The molecule has 1 fully saturated rings. The molecule has 1 aliphatic heterocycles. The Labute approximate surface area is 125 Å². The van der Waals surface area contributed by atoms with E-state index >= 15 is 0 Å². The highest BCUT2D eigenvalue weighted by Gasteiger charge is 2.23. The predicted molar refractivity (Wildman–Crippen MR) is 79.9 cm³/mol. The maximum atomic E-state index is 11.8. The van der Waals surface area contributed by atoms with E-state index in [1.165, 1.54) is 0 Å². The van der Waals surface area contributed by atoms with Crippen molar-refractivity contribution in [3.63, 3.8) is 0 Å². The van der Waals surface area contributed by atoms with Crippen LogP contribution in [0, 0.1) is 12.8 Å². The van der Waals surface area contributed by atoms with Gasteiger partial charge in [-0.15, -0.1) is 12.4 Å². The maximum absolute atomic E-state index is 11.8. The van der Waals surface area contributed by atoms with Crippen molar-refractivity contribution in [3.05, 3.63) is 11.8 Å². The zero-order valence-corrected chi connectivity index (χ0v) is 12.8. The summed E-state index contributed by atoms with van der Waals surface area (Å²) in [7, 11) is 0. The summed E-state index contributed by atoms with van der Waals surface area (Å²) in [4.78, 5) is 14.0. The summed E-state index contributed by atoms with van der Waals surface area (Å²) in [5.74, 6) is 0.930. The monoisotopic (exact) mass is 302 g/mol. The molecule has 7 heteroatoms. The highest BCUT2D eigenvalue weighted by Crippen LogP contribution is 2.19. The third kappa shape index (κ3) is 4.77. The molecule has 0 radical (unpaired) electrons. The number of amides is 1. The SMILES string of the molecule is Cc1cc(NC(=O)CN2CCC(C(C)N)CC2)on1.Cl. The molecule has 1 saturated heterocycles. The number of rotatable bonds is 4. The fraction of sp³-hybridized carbons (Fsp3) is 0.692. The second-order valence-electron chi connectivity index (χ2n) is 5.35. The lowest BCUT2D eigenvalue weighted by Crippen LogP contribution is -2.42. The normalized spacial score (nSPS) is 18.4. The van der Waals surface area contributed by atoms with Crippen molar-refractivity contribution in [2.45, 2.75) is 32.7 Å². The second kappa shape index (κ2) is 7.61. The number of nitrogens with zero attached hydrogens (tertiary/aromatic N) is 2. The van der Waals surface area contributed by atoms with Crippen LogP contribution in [0.3, 0.4) is 0 Å². The topological polar surface area (TPSA) is 84.4 Å². The number of hydrogen-bond acceptors (Lipinski definition) is 5. The molecule has 3 N–H and O–H groups in total. The summed E-state index contributed by atoms with van der Waals surface area (Å²) >= 11 is 0. The Morgan fingerprint density at radius 3 is 2.75 bits per heavy atom. The average Bonchev–Trinajstić information content (AvgIpc) is 2.75. The number of anilines is 1. The van der Waals surface area contributed by atoms with Crippen LogP contribution in [0.15, 0.2) is 10.6 Å². The van der Waals surface area contributed by atoms with Crippen LogP contribution in [0.5, 0.6) is 0 Å². The molecule has 0 saturated carbocycles. The van der Waals surface area contributed by atoms with Crippen molar-refractivity contribution < 1.29 is 9.32 Å². The number of aryl methyl sites for hydroxylation is 1. The van der Waals surface area contributed by atoms with E-state index in [-0.39, 0.29) is 24.4 Å². The average molecular weight is 303 g/mol. The first-order chi connectivity index (χ1) is 9.04. The predicted octanol–water partition coefficient (Wildman–Crippen LogP) is 1.40. The Bertz CT molecular complexity index is 428. The van der Waals surface area contributed by atoms with Gasteiger partial charge in [-0.05, 0) is 45.7 Å². The van der Waals surface area contributed by atoms with E-state index in [9.17, 15) is 4.79 Å². The van der Waals surface area contributed by atoms with Gasteiger partial charge < -0.3 is 10.3 Å². The Kier molecular flexibility index (Phi) is 6.45. The van der Waals surface area contributed by atoms with Crippen molar-refractivity contribution in [2.75, 3.05) is 25.0 Å². The van der Waals surface area contributed by atoms with Crippen molar-refractivity contribution in [1.82, 2.24) is 10.1 Å². The van der Waals surface area contributed by atoms with Crippen LogP contribution >= 0.6 is 12.4 Å². The third-order valence-corrected chi connectivity index (χ3v) is 3.63. The van der Waals surface area contributed by atoms with Crippen LogP contribution in [0.2, 0.25) is 0 Å². The van der Waals surface area contributed by atoms with E-state index in [4.69, 9.17) is 10.3 Å². The molecule has 0 bridgehead atoms. The maximum Gasteiger partial charge on any atom is 0.240 e. The first-order valence-corrected chi connectivity index (χ1v) is 6.75. The van der Waals surface area contributed by atoms with E-state index in [2.05, 4.69) is 22.3 Å². The molecule has 1 aromatic rings. The van der Waals surface area contributed by atoms with Crippen molar-refractivity contribution in [2.24, 2.45) is 11.7 Å². The lowest BCUT2D eigenvalue weighted by atomic mass is 9.91. The Hall–Kier alpha value is -1.11. The fourth-order valence-corrected chi connectivity index (χ4v) is 2.44. The van der Waals surface area contributed by atoms with Gasteiger partial charge >= 0.3 is 0 Å². The van der Waals surface area contributed by atoms with Gasteiger partial charge in [-0.3, -0.25) is 15.0 Å². The molecule has 2 heterocycles. The molecule has 1 aliphatic rings. The number of carbonyl (C=O) groups excluding carboxylic acids is 1. The zero-order chi connectivity index (χ0) is 13.8. The Morgan fingerprint density at radius 1 is 1.60 bits per heavy atom. The second-order valence-corrected chi connectivity index (χ2v) is 5.35. The van der Waals surface area contributed by atoms with E-state index < -0.39 is 0 Å². The molecule has 1 atom stereocenters. The van der Waals surface area contributed by atoms with Crippen molar-refractivity contribution in [1.29, 1.82) is 0 Å². The smallest absolute Gasteiger partial charge is 0.240 e. The molecule has 2 rings (SSSR count). The van der Waals surface area contributed by atoms with Gasteiger partial charge in [-0.2, -0.15) is 0 Å².